The number of carbonyl (C=O) groups excluding carboxylic acids is 2. The van der Waals surface area contributed by atoms with Gasteiger partial charge in [-0.05, 0) is 50.5 Å². The Morgan fingerprint density at radius 2 is 1.74 bits per heavy atom. The van der Waals surface area contributed by atoms with Gasteiger partial charge >= 0.3 is 0 Å². The number of fused-ring (bicyclic) bond motifs is 3. The molecule has 2 fully saturated rings. The largest absolute Gasteiger partial charge is 0.368 e. The Morgan fingerprint density at radius 1 is 0.974 bits per heavy atom. The van der Waals surface area contributed by atoms with Crippen LogP contribution in [0.4, 0.5) is 5.69 Å². The van der Waals surface area contributed by atoms with Crippen molar-refractivity contribution in [3.8, 4) is 0 Å². The minimum absolute atomic E-state index is 0.199. The molecule has 4 aromatic rings. The summed E-state index contributed by atoms with van der Waals surface area (Å²) < 4.78 is 7.11. The maximum Gasteiger partial charge on any atom is 0.290 e. The maximum atomic E-state index is 13.7. The van der Waals surface area contributed by atoms with Gasteiger partial charge in [-0.1, -0.05) is 47.4 Å². The topological polar surface area (TPSA) is 88.6 Å². The average molecular weight is 533 g/mol. The quantitative estimate of drug-likeness (QED) is 0.352. The van der Waals surface area contributed by atoms with Gasteiger partial charge in [0.2, 0.25) is 5.78 Å². The van der Waals surface area contributed by atoms with E-state index in [0.717, 1.165) is 18.5 Å². The van der Waals surface area contributed by atoms with Gasteiger partial charge in [-0.2, -0.15) is 0 Å². The van der Waals surface area contributed by atoms with Crippen LogP contribution in [0.25, 0.3) is 21.8 Å². The first-order valence-corrected chi connectivity index (χ1v) is 13.5. The highest BCUT2D eigenvalue weighted by atomic mass is 35.5. The molecule has 2 aliphatic rings. The molecule has 1 saturated heterocycles. The number of rotatable bonds is 4. The van der Waals surface area contributed by atoms with Crippen molar-refractivity contribution >= 4 is 50.8 Å². The van der Waals surface area contributed by atoms with Gasteiger partial charge < -0.3 is 18.9 Å². The van der Waals surface area contributed by atoms with Gasteiger partial charge in [-0.25, -0.2) is 0 Å². The molecule has 2 atom stereocenters. The second-order valence-electron chi connectivity index (χ2n) is 10.3. The molecule has 2 unspecified atom stereocenters. The monoisotopic (exact) mass is 532 g/mol. The molecule has 1 amide bonds. The number of Topliss-reactive ketones (excluding diaryl/α,β-unsaturated/α-hetero) is 1. The Morgan fingerprint density at radius 3 is 2.50 bits per heavy atom. The zero-order valence-corrected chi connectivity index (χ0v) is 22.0. The van der Waals surface area contributed by atoms with E-state index >= 15 is 0 Å². The standard InChI is InChI=1S/C29H29ClN4O4/c1-18-24-26(31-38-18)25-22(30)11-6-12-23(25)34(28(24)36)21-10-5-7-19(17-21)27(35)29(37)33-15-13-32(14-16-33)20-8-3-2-4-9-20/h2-4,6,8-9,11-12,19,21H,5,7,10,13-17H2,1H3. The molecule has 0 radical (unpaired) electrons. The van der Waals surface area contributed by atoms with E-state index in [1.54, 1.807) is 22.5 Å². The molecule has 1 aliphatic carbocycles. The van der Waals surface area contributed by atoms with E-state index < -0.39 is 11.8 Å². The van der Waals surface area contributed by atoms with Gasteiger partial charge in [-0.15, -0.1) is 0 Å². The second kappa shape index (κ2) is 9.91. The molecule has 2 aromatic carbocycles. The average Bonchev–Trinajstić information content (AvgIpc) is 3.34. The summed E-state index contributed by atoms with van der Waals surface area (Å²) in [6.07, 6.45) is 2.58. The number of aryl methyl sites for hydroxylation is 1. The van der Waals surface area contributed by atoms with Crippen molar-refractivity contribution in [1.29, 1.82) is 0 Å². The van der Waals surface area contributed by atoms with Gasteiger partial charge in [0.05, 0.1) is 10.5 Å². The number of pyridine rings is 1. The minimum Gasteiger partial charge on any atom is -0.368 e. The fraction of sp³-hybridized carbons (Fsp3) is 0.379. The normalized spacial score (nSPS) is 20.3. The van der Waals surface area contributed by atoms with Gasteiger partial charge in [0.1, 0.15) is 16.7 Å². The molecule has 0 spiro atoms. The van der Waals surface area contributed by atoms with Crippen molar-refractivity contribution in [2.24, 2.45) is 5.92 Å². The predicted molar refractivity (Wildman–Crippen MR) is 147 cm³/mol. The summed E-state index contributed by atoms with van der Waals surface area (Å²) in [4.78, 5) is 44.3. The van der Waals surface area contributed by atoms with Crippen LogP contribution >= 0.6 is 11.6 Å². The van der Waals surface area contributed by atoms with Crippen LogP contribution in [0.3, 0.4) is 0 Å². The van der Waals surface area contributed by atoms with Gasteiger partial charge in [0.15, 0.2) is 0 Å². The summed E-state index contributed by atoms with van der Waals surface area (Å²) >= 11 is 6.56. The number of nitrogens with zero attached hydrogens (tertiary/aromatic N) is 4. The maximum absolute atomic E-state index is 13.7. The van der Waals surface area contributed by atoms with Crippen molar-refractivity contribution in [3.05, 3.63) is 69.7 Å². The Hall–Kier alpha value is -3.65. The van der Waals surface area contributed by atoms with Crippen LogP contribution in [0.5, 0.6) is 0 Å². The molecule has 196 valence electrons. The molecule has 8 nitrogen and oxygen atoms in total. The number of hydrogen-bond donors (Lipinski definition) is 0. The SMILES string of the molecule is Cc1onc2c1c(=O)n(C1CCCC(C(=O)C(=O)N3CCN(c4ccccc4)CC3)C1)c1cccc(Cl)c21. The minimum atomic E-state index is -0.422. The number of para-hydroxylation sites is 1. The summed E-state index contributed by atoms with van der Waals surface area (Å²) in [5, 5.41) is 5.68. The van der Waals surface area contributed by atoms with Crippen LogP contribution in [0, 0.1) is 12.8 Å². The molecule has 0 N–H and O–H groups in total. The number of amides is 1. The molecule has 1 aliphatic heterocycles. The van der Waals surface area contributed by atoms with Crippen LogP contribution in [0.2, 0.25) is 5.02 Å². The molecular formula is C29H29ClN4O4. The number of piperazine rings is 1. The summed E-state index contributed by atoms with van der Waals surface area (Å²) in [6, 6.07) is 15.3. The summed E-state index contributed by atoms with van der Waals surface area (Å²) in [6.45, 7) is 4.13. The van der Waals surface area contributed by atoms with Crippen molar-refractivity contribution in [3.63, 3.8) is 0 Å². The highest BCUT2D eigenvalue weighted by Crippen LogP contribution is 2.37. The molecule has 9 heteroatoms. The molecule has 6 rings (SSSR count). The number of halogens is 1. The van der Waals surface area contributed by atoms with Crippen LogP contribution in [0.15, 0.2) is 57.8 Å². The third kappa shape index (κ3) is 4.17. The van der Waals surface area contributed by atoms with E-state index in [2.05, 4.69) is 22.2 Å². The predicted octanol–water partition coefficient (Wildman–Crippen LogP) is 4.75. The van der Waals surface area contributed by atoms with E-state index in [-0.39, 0.29) is 17.4 Å². The van der Waals surface area contributed by atoms with Gasteiger partial charge in [0.25, 0.3) is 11.5 Å². The van der Waals surface area contributed by atoms with E-state index in [1.807, 2.05) is 30.3 Å². The third-order valence-corrected chi connectivity index (χ3v) is 8.38. The Balaban J connectivity index is 1.24. The summed E-state index contributed by atoms with van der Waals surface area (Å²) in [5.74, 6) is -0.739. The molecule has 0 bridgehead atoms. The number of benzene rings is 2. The van der Waals surface area contributed by atoms with Crippen molar-refractivity contribution in [2.75, 3.05) is 31.1 Å². The van der Waals surface area contributed by atoms with Gasteiger partial charge in [0, 0.05) is 49.2 Å². The zero-order valence-electron chi connectivity index (χ0n) is 21.2. The highest BCUT2D eigenvalue weighted by Gasteiger charge is 2.36. The molecule has 2 aromatic heterocycles. The Bertz CT molecular complexity index is 1590. The zero-order chi connectivity index (χ0) is 26.4. The van der Waals surface area contributed by atoms with Gasteiger partial charge in [-0.3, -0.25) is 14.4 Å². The third-order valence-electron chi connectivity index (χ3n) is 8.06. The smallest absolute Gasteiger partial charge is 0.290 e. The Kier molecular flexibility index (Phi) is 6.43. The lowest BCUT2D eigenvalue weighted by atomic mass is 9.82. The fourth-order valence-corrected chi connectivity index (χ4v) is 6.37. The van der Waals surface area contributed by atoms with Crippen molar-refractivity contribution in [2.45, 2.75) is 38.6 Å². The molecule has 3 heterocycles. The number of ketones is 1. The highest BCUT2D eigenvalue weighted by molar-refractivity contribution is 6.37. The van der Waals surface area contributed by atoms with E-state index in [4.69, 9.17) is 16.1 Å². The van der Waals surface area contributed by atoms with Crippen LogP contribution in [0.1, 0.15) is 37.5 Å². The number of carbonyl (C=O) groups is 2. The first-order chi connectivity index (χ1) is 18.4. The molecule has 1 saturated carbocycles. The Labute approximate surface area is 224 Å². The van der Waals surface area contributed by atoms with Crippen LogP contribution in [-0.4, -0.2) is 52.5 Å². The number of anilines is 1. The lowest BCUT2D eigenvalue weighted by molar-refractivity contribution is -0.147. The summed E-state index contributed by atoms with van der Waals surface area (Å²) in [5.41, 5.74) is 2.05. The van der Waals surface area contributed by atoms with E-state index in [9.17, 15) is 14.4 Å². The number of hydrogen-bond acceptors (Lipinski definition) is 6. The van der Waals surface area contributed by atoms with Crippen LogP contribution < -0.4 is 10.5 Å². The van der Waals surface area contributed by atoms with E-state index in [0.29, 0.717) is 71.6 Å². The first kappa shape index (κ1) is 24.7. The fourth-order valence-electron chi connectivity index (χ4n) is 6.11. The van der Waals surface area contributed by atoms with Crippen LogP contribution in [-0.2, 0) is 9.59 Å². The lowest BCUT2D eigenvalue weighted by Gasteiger charge is -2.37. The van der Waals surface area contributed by atoms with E-state index in [1.165, 1.54) is 0 Å². The lowest BCUT2D eigenvalue weighted by Crippen LogP contribution is -2.51. The number of aromatic nitrogens is 2. The molecule has 38 heavy (non-hydrogen) atoms. The molecular weight excluding hydrogens is 504 g/mol. The second-order valence-corrected chi connectivity index (χ2v) is 10.7. The summed E-state index contributed by atoms with van der Waals surface area (Å²) in [7, 11) is 0. The van der Waals surface area contributed by atoms with Crippen molar-refractivity contribution < 1.29 is 14.1 Å². The van der Waals surface area contributed by atoms with Crippen molar-refractivity contribution in [1.82, 2.24) is 14.6 Å². The first-order valence-electron chi connectivity index (χ1n) is 13.2.